The zero-order valence-corrected chi connectivity index (χ0v) is 24.0. The quantitative estimate of drug-likeness (QED) is 0.319. The number of aromatic amines is 1. The van der Waals surface area contributed by atoms with E-state index in [9.17, 15) is 22.8 Å². The third-order valence-electron chi connectivity index (χ3n) is 8.05. The monoisotopic (exact) mass is 590 g/mol. The molecular formula is C31H31FN4O5S. The maximum Gasteiger partial charge on any atom is 0.282 e. The molecule has 2 N–H and O–H groups in total. The van der Waals surface area contributed by atoms with Gasteiger partial charge in [-0.3, -0.25) is 14.4 Å². The number of aromatic nitrogens is 2. The van der Waals surface area contributed by atoms with Gasteiger partial charge in [-0.1, -0.05) is 13.0 Å². The second-order valence-electron chi connectivity index (χ2n) is 10.9. The van der Waals surface area contributed by atoms with E-state index in [0.717, 1.165) is 18.4 Å². The molecule has 1 aliphatic heterocycles. The number of sulfonamides is 1. The maximum absolute atomic E-state index is 15.3. The first-order chi connectivity index (χ1) is 20.2. The van der Waals surface area contributed by atoms with E-state index in [1.807, 2.05) is 19.1 Å². The number of rotatable bonds is 8. The van der Waals surface area contributed by atoms with Crippen LogP contribution in [0.2, 0.25) is 0 Å². The Bertz CT molecular complexity index is 1890. The van der Waals surface area contributed by atoms with E-state index in [-0.39, 0.29) is 34.8 Å². The molecule has 1 saturated heterocycles. The summed E-state index contributed by atoms with van der Waals surface area (Å²) in [6.45, 7) is 3.08. The van der Waals surface area contributed by atoms with Crippen molar-refractivity contribution < 1.29 is 22.4 Å². The highest BCUT2D eigenvalue weighted by molar-refractivity contribution is 7.91. The summed E-state index contributed by atoms with van der Waals surface area (Å²) in [7, 11) is -3.94. The van der Waals surface area contributed by atoms with Gasteiger partial charge in [-0.05, 0) is 80.1 Å². The molecule has 2 aromatic carbocycles. The van der Waals surface area contributed by atoms with Crippen LogP contribution in [0.15, 0.2) is 59.5 Å². The van der Waals surface area contributed by atoms with Gasteiger partial charge in [-0.2, -0.15) is 0 Å². The van der Waals surface area contributed by atoms with Crippen LogP contribution >= 0.6 is 0 Å². The fourth-order valence-corrected chi connectivity index (χ4v) is 6.93. The van der Waals surface area contributed by atoms with Gasteiger partial charge < -0.3 is 14.5 Å². The number of hydrogen-bond donors (Lipinski definition) is 2. The van der Waals surface area contributed by atoms with Gasteiger partial charge in [0.15, 0.2) is 0 Å². The first-order valence-electron chi connectivity index (χ1n) is 14.1. The summed E-state index contributed by atoms with van der Waals surface area (Å²) in [5, 5.41) is -0.0926. The summed E-state index contributed by atoms with van der Waals surface area (Å²) in [5.41, 5.74) is 1.86. The van der Waals surface area contributed by atoms with Crippen molar-refractivity contribution in [3.63, 3.8) is 0 Å². The molecule has 4 aromatic rings. The molecule has 2 amide bonds. The number of carbonyl (C=O) groups is 2. The molecule has 2 aliphatic rings. The highest BCUT2D eigenvalue weighted by Crippen LogP contribution is 2.36. The lowest BCUT2D eigenvalue weighted by atomic mass is 10.0. The first kappa shape index (κ1) is 27.9. The van der Waals surface area contributed by atoms with Crippen molar-refractivity contribution in [3.05, 3.63) is 93.3 Å². The van der Waals surface area contributed by atoms with Gasteiger partial charge in [-0.25, -0.2) is 17.5 Å². The summed E-state index contributed by atoms with van der Waals surface area (Å²) in [5.74, 6) is -1.67. The van der Waals surface area contributed by atoms with Crippen molar-refractivity contribution in [2.24, 2.45) is 0 Å². The fourth-order valence-electron chi connectivity index (χ4n) is 5.65. The van der Waals surface area contributed by atoms with E-state index < -0.39 is 32.6 Å². The zero-order chi connectivity index (χ0) is 29.6. The van der Waals surface area contributed by atoms with Crippen molar-refractivity contribution in [1.29, 1.82) is 0 Å². The molecule has 0 spiro atoms. The van der Waals surface area contributed by atoms with Gasteiger partial charge in [0, 0.05) is 52.4 Å². The number of fused-ring (bicyclic) bond motifs is 1. The van der Waals surface area contributed by atoms with E-state index in [0.29, 0.717) is 48.8 Å². The van der Waals surface area contributed by atoms with E-state index >= 15 is 4.39 Å². The highest BCUT2D eigenvalue weighted by atomic mass is 32.2. The molecule has 6 rings (SSSR count). The first-order valence-corrected chi connectivity index (χ1v) is 15.7. The fraction of sp³-hybridized carbons (Fsp3) is 0.323. The van der Waals surface area contributed by atoms with Crippen LogP contribution in [0.3, 0.4) is 0 Å². The van der Waals surface area contributed by atoms with Gasteiger partial charge in [0.2, 0.25) is 10.0 Å². The van der Waals surface area contributed by atoms with E-state index in [1.165, 1.54) is 29.0 Å². The van der Waals surface area contributed by atoms with Gasteiger partial charge in [0.25, 0.3) is 17.4 Å². The van der Waals surface area contributed by atoms with Gasteiger partial charge in [0.1, 0.15) is 11.5 Å². The van der Waals surface area contributed by atoms with Crippen LogP contribution in [-0.4, -0.2) is 53.0 Å². The summed E-state index contributed by atoms with van der Waals surface area (Å²) in [6, 6.07) is 12.9. The standard InChI is InChI=1S/C31H31FN4O5S/c1-2-19-7-12-26-24(16-19)27(23-6-5-13-33-29(23)37)28(30(38)34-42(40,41)22-9-10-22)36(26)18-21-17-20(8-11-25(21)32)31(39)35-14-3-4-15-35/h5-8,11-13,16-17,22H,2-4,9-10,14-15,18H2,1H3,(H,33,37)(H,34,38). The molecule has 2 fully saturated rings. The Labute approximate surface area is 242 Å². The summed E-state index contributed by atoms with van der Waals surface area (Å²) in [6.07, 6.45) is 4.90. The van der Waals surface area contributed by atoms with Crippen LogP contribution < -0.4 is 10.3 Å². The third kappa shape index (κ3) is 5.13. The molecule has 0 bridgehead atoms. The van der Waals surface area contributed by atoms with Crippen molar-refractivity contribution >= 4 is 32.7 Å². The number of benzene rings is 2. The lowest BCUT2D eigenvalue weighted by Crippen LogP contribution is -2.35. The average Bonchev–Trinajstić information content (AvgIpc) is 3.62. The van der Waals surface area contributed by atoms with E-state index in [2.05, 4.69) is 9.71 Å². The lowest BCUT2D eigenvalue weighted by Gasteiger charge is -2.17. The minimum absolute atomic E-state index is 0.0742. The van der Waals surface area contributed by atoms with E-state index in [1.54, 1.807) is 23.1 Å². The molecule has 0 unspecified atom stereocenters. The Morgan fingerprint density at radius 1 is 1.07 bits per heavy atom. The largest absolute Gasteiger partial charge is 0.339 e. The van der Waals surface area contributed by atoms with Crippen molar-refractivity contribution in [2.45, 2.75) is 50.8 Å². The SMILES string of the molecule is CCc1ccc2c(c1)c(-c1ccc[nH]c1=O)c(C(=O)NS(=O)(=O)C1CC1)n2Cc1cc(C(=O)N2CCCC2)ccc1F. The number of amides is 2. The number of H-pyrrole nitrogens is 1. The zero-order valence-electron chi connectivity index (χ0n) is 23.2. The van der Waals surface area contributed by atoms with Crippen LogP contribution in [-0.2, 0) is 23.0 Å². The average molecular weight is 591 g/mol. The Hall–Kier alpha value is -4.25. The molecule has 11 heteroatoms. The Kier molecular flexibility index (Phi) is 7.22. The van der Waals surface area contributed by atoms with Crippen molar-refractivity contribution in [1.82, 2.24) is 19.2 Å². The minimum atomic E-state index is -3.94. The Morgan fingerprint density at radius 3 is 2.52 bits per heavy atom. The highest BCUT2D eigenvalue weighted by Gasteiger charge is 2.38. The lowest BCUT2D eigenvalue weighted by molar-refractivity contribution is 0.0792. The van der Waals surface area contributed by atoms with Crippen LogP contribution in [0, 0.1) is 5.82 Å². The van der Waals surface area contributed by atoms with Crippen LogP contribution in [0.1, 0.15) is 64.6 Å². The van der Waals surface area contributed by atoms with Gasteiger partial charge >= 0.3 is 0 Å². The minimum Gasteiger partial charge on any atom is -0.339 e. The van der Waals surface area contributed by atoms with E-state index in [4.69, 9.17) is 0 Å². The molecule has 1 saturated carbocycles. The smallest absolute Gasteiger partial charge is 0.282 e. The second kappa shape index (κ2) is 10.9. The number of hydrogen-bond acceptors (Lipinski definition) is 5. The van der Waals surface area contributed by atoms with Crippen LogP contribution in [0.25, 0.3) is 22.0 Å². The van der Waals surface area contributed by atoms with Gasteiger partial charge in [-0.15, -0.1) is 0 Å². The topological polar surface area (TPSA) is 121 Å². The van der Waals surface area contributed by atoms with Crippen LogP contribution in [0.5, 0.6) is 0 Å². The molecule has 2 aromatic heterocycles. The number of nitrogens with zero attached hydrogens (tertiary/aromatic N) is 2. The number of pyridine rings is 1. The van der Waals surface area contributed by atoms with Gasteiger partial charge in [0.05, 0.1) is 11.8 Å². The molecule has 42 heavy (non-hydrogen) atoms. The number of likely N-dealkylation sites (tertiary alicyclic amines) is 1. The molecule has 1 aliphatic carbocycles. The normalized spacial score (nSPS) is 15.3. The number of aryl methyl sites for hydroxylation is 1. The number of halogens is 1. The predicted molar refractivity (Wildman–Crippen MR) is 157 cm³/mol. The number of carbonyl (C=O) groups excluding carboxylic acids is 2. The summed E-state index contributed by atoms with van der Waals surface area (Å²) < 4.78 is 44.8. The molecular weight excluding hydrogens is 559 g/mol. The molecule has 3 heterocycles. The molecule has 9 nitrogen and oxygen atoms in total. The Morgan fingerprint density at radius 2 is 1.83 bits per heavy atom. The molecule has 0 radical (unpaired) electrons. The number of nitrogens with one attached hydrogen (secondary N) is 2. The summed E-state index contributed by atoms with van der Waals surface area (Å²) in [4.78, 5) is 44.4. The molecule has 218 valence electrons. The molecule has 0 atom stereocenters. The maximum atomic E-state index is 15.3. The predicted octanol–water partition coefficient (Wildman–Crippen LogP) is 4.20. The van der Waals surface area contributed by atoms with Crippen LogP contribution in [0.4, 0.5) is 4.39 Å². The summed E-state index contributed by atoms with van der Waals surface area (Å²) >= 11 is 0. The van der Waals surface area contributed by atoms with Crippen molar-refractivity contribution in [2.75, 3.05) is 13.1 Å². The second-order valence-corrected chi connectivity index (χ2v) is 12.9. The Balaban J connectivity index is 1.56. The van der Waals surface area contributed by atoms with Crippen molar-refractivity contribution in [3.8, 4) is 11.1 Å². The third-order valence-corrected chi connectivity index (χ3v) is 9.87.